The molecule has 2 heterocycles. The van der Waals surface area contributed by atoms with Gasteiger partial charge in [-0.05, 0) is 42.0 Å². The zero-order chi connectivity index (χ0) is 18.7. The highest BCUT2D eigenvalue weighted by Gasteiger charge is 2.35. The number of fused-ring (bicyclic) bond motifs is 3. The van der Waals surface area contributed by atoms with Crippen molar-refractivity contribution in [3.63, 3.8) is 0 Å². The Bertz CT molecular complexity index is 1030. The number of hydrogen-bond acceptors (Lipinski definition) is 4. The Hall–Kier alpha value is -2.15. The van der Waals surface area contributed by atoms with E-state index in [1.165, 1.54) is 0 Å². The lowest BCUT2D eigenvalue weighted by molar-refractivity contribution is 0.0938. The van der Waals surface area contributed by atoms with Crippen LogP contribution < -0.4 is 5.32 Å². The highest BCUT2D eigenvalue weighted by Crippen LogP contribution is 2.41. The minimum Gasteiger partial charge on any atom is -0.352 e. The fourth-order valence-electron chi connectivity index (χ4n) is 4.10. The minimum atomic E-state index is -3.04. The second-order valence-electron chi connectivity index (χ2n) is 8.02. The first-order valence-corrected chi connectivity index (χ1v) is 10.7. The summed E-state index contributed by atoms with van der Waals surface area (Å²) in [5.41, 5.74) is 2.81. The lowest BCUT2D eigenvalue weighted by atomic mass is 9.74. The molecule has 1 saturated heterocycles. The van der Waals surface area contributed by atoms with E-state index >= 15 is 0 Å². The molecule has 2 aliphatic rings. The fraction of sp³-hybridized carbons (Fsp3) is 0.474. The van der Waals surface area contributed by atoms with E-state index in [-0.39, 0.29) is 34.7 Å². The molecule has 1 aliphatic heterocycles. The molecule has 1 unspecified atom stereocenters. The Morgan fingerprint density at radius 3 is 2.77 bits per heavy atom. The molecule has 1 fully saturated rings. The number of Topliss-reactive ketones (excluding diaryl/α,β-unsaturated/α-hetero) is 1. The molecular formula is C19H22N2O4S. The topological polar surface area (TPSA) is 96.1 Å². The van der Waals surface area contributed by atoms with E-state index in [1.54, 1.807) is 6.07 Å². The van der Waals surface area contributed by atoms with Crippen LogP contribution in [0.2, 0.25) is 0 Å². The second-order valence-corrected chi connectivity index (χ2v) is 10.2. The van der Waals surface area contributed by atoms with Crippen molar-refractivity contribution in [2.45, 2.75) is 44.6 Å². The molecule has 1 aromatic carbocycles. The number of amides is 1. The molecule has 26 heavy (non-hydrogen) atoms. The van der Waals surface area contributed by atoms with Gasteiger partial charge in [-0.15, -0.1) is 0 Å². The number of carbonyl (C=O) groups is 2. The first-order chi connectivity index (χ1) is 12.2. The van der Waals surface area contributed by atoms with Crippen LogP contribution in [0.3, 0.4) is 0 Å². The maximum absolute atomic E-state index is 12.6. The monoisotopic (exact) mass is 374 g/mol. The molecule has 1 amide bonds. The number of aromatic amines is 1. The number of nitrogens with one attached hydrogen (secondary N) is 2. The maximum atomic E-state index is 12.6. The van der Waals surface area contributed by atoms with Crippen LogP contribution in [0.25, 0.3) is 10.9 Å². The molecule has 1 aromatic heterocycles. The van der Waals surface area contributed by atoms with Crippen molar-refractivity contribution in [2.75, 3.05) is 11.5 Å². The van der Waals surface area contributed by atoms with E-state index in [4.69, 9.17) is 0 Å². The summed E-state index contributed by atoms with van der Waals surface area (Å²) in [5, 5.41) is 3.72. The molecule has 1 aliphatic carbocycles. The third kappa shape index (κ3) is 2.84. The smallest absolute Gasteiger partial charge is 0.251 e. The van der Waals surface area contributed by atoms with Crippen LogP contribution in [0.1, 0.15) is 59.5 Å². The molecule has 6 nitrogen and oxygen atoms in total. The van der Waals surface area contributed by atoms with Gasteiger partial charge < -0.3 is 10.3 Å². The average Bonchev–Trinajstić information content (AvgIpc) is 3.11. The van der Waals surface area contributed by atoms with Crippen molar-refractivity contribution in [2.24, 2.45) is 0 Å². The third-order valence-corrected chi connectivity index (χ3v) is 7.33. The van der Waals surface area contributed by atoms with Crippen LogP contribution in [-0.4, -0.2) is 42.6 Å². The van der Waals surface area contributed by atoms with E-state index in [0.717, 1.165) is 22.9 Å². The Balaban J connectivity index is 1.70. The molecule has 1 atom stereocenters. The van der Waals surface area contributed by atoms with E-state index in [9.17, 15) is 18.0 Å². The molecule has 138 valence electrons. The van der Waals surface area contributed by atoms with Gasteiger partial charge in [0.05, 0.1) is 17.2 Å². The van der Waals surface area contributed by atoms with Crippen LogP contribution in [-0.2, 0) is 15.3 Å². The minimum absolute atomic E-state index is 0.00205. The second kappa shape index (κ2) is 5.67. The van der Waals surface area contributed by atoms with Crippen LogP contribution in [0.15, 0.2) is 18.2 Å². The molecule has 2 aromatic rings. The number of hydrogen-bond donors (Lipinski definition) is 2. The summed E-state index contributed by atoms with van der Waals surface area (Å²) in [4.78, 5) is 28.1. The van der Waals surface area contributed by atoms with Gasteiger partial charge in [-0.1, -0.05) is 13.8 Å². The van der Waals surface area contributed by atoms with Gasteiger partial charge in [0.1, 0.15) is 0 Å². The van der Waals surface area contributed by atoms with E-state index < -0.39 is 9.84 Å². The Morgan fingerprint density at radius 1 is 1.31 bits per heavy atom. The molecule has 7 heteroatoms. The molecule has 4 rings (SSSR count). The molecule has 0 bridgehead atoms. The van der Waals surface area contributed by atoms with Crippen molar-refractivity contribution in [1.29, 1.82) is 0 Å². The van der Waals surface area contributed by atoms with Gasteiger partial charge in [-0.3, -0.25) is 9.59 Å². The summed E-state index contributed by atoms with van der Waals surface area (Å²) in [6, 6.07) is 5.00. The number of sulfone groups is 1. The van der Waals surface area contributed by atoms with Gasteiger partial charge in [0.2, 0.25) is 0 Å². The molecule has 0 saturated carbocycles. The zero-order valence-corrected chi connectivity index (χ0v) is 15.7. The lowest BCUT2D eigenvalue weighted by Gasteiger charge is -2.29. The highest BCUT2D eigenvalue weighted by atomic mass is 32.2. The predicted molar refractivity (Wildman–Crippen MR) is 99.4 cm³/mol. The molecule has 0 spiro atoms. The van der Waals surface area contributed by atoms with Crippen molar-refractivity contribution in [3.05, 3.63) is 35.0 Å². The van der Waals surface area contributed by atoms with Gasteiger partial charge >= 0.3 is 0 Å². The predicted octanol–water partition coefficient (Wildman–Crippen LogP) is 2.34. The Morgan fingerprint density at radius 2 is 2.08 bits per heavy atom. The van der Waals surface area contributed by atoms with Crippen molar-refractivity contribution in [1.82, 2.24) is 10.3 Å². The average molecular weight is 374 g/mol. The summed E-state index contributed by atoms with van der Waals surface area (Å²) in [7, 11) is -3.04. The van der Waals surface area contributed by atoms with E-state index in [2.05, 4.69) is 24.1 Å². The van der Waals surface area contributed by atoms with Crippen LogP contribution >= 0.6 is 0 Å². The third-order valence-electron chi connectivity index (χ3n) is 5.56. The van der Waals surface area contributed by atoms with Gasteiger partial charge in [0, 0.05) is 28.9 Å². The first-order valence-electron chi connectivity index (χ1n) is 8.87. The highest BCUT2D eigenvalue weighted by molar-refractivity contribution is 7.91. The summed E-state index contributed by atoms with van der Waals surface area (Å²) >= 11 is 0. The maximum Gasteiger partial charge on any atom is 0.251 e. The molecular weight excluding hydrogens is 352 g/mol. The zero-order valence-electron chi connectivity index (χ0n) is 14.9. The Labute approximate surface area is 152 Å². The number of H-pyrrole nitrogens is 1. The summed E-state index contributed by atoms with van der Waals surface area (Å²) in [5.74, 6) is -0.0395. The van der Waals surface area contributed by atoms with Gasteiger partial charge in [0.15, 0.2) is 15.6 Å². The summed E-state index contributed by atoms with van der Waals surface area (Å²) in [6.45, 7) is 4.23. The van der Waals surface area contributed by atoms with E-state index in [0.29, 0.717) is 24.1 Å². The number of benzene rings is 1. The van der Waals surface area contributed by atoms with Crippen LogP contribution in [0.5, 0.6) is 0 Å². The number of aromatic nitrogens is 1. The van der Waals surface area contributed by atoms with Crippen molar-refractivity contribution in [3.8, 4) is 0 Å². The van der Waals surface area contributed by atoms with Crippen molar-refractivity contribution < 1.29 is 18.0 Å². The molecule has 0 radical (unpaired) electrons. The van der Waals surface area contributed by atoms with Crippen LogP contribution in [0, 0.1) is 0 Å². The lowest BCUT2D eigenvalue weighted by Crippen LogP contribution is -2.35. The van der Waals surface area contributed by atoms with E-state index in [1.807, 2.05) is 12.1 Å². The van der Waals surface area contributed by atoms with Gasteiger partial charge in [0.25, 0.3) is 5.91 Å². The standard InChI is InChI=1S/C19H22N2O4S/c1-19(2)7-5-15(22)17-16(19)13-9-11(3-4-14(13)21-17)18(23)20-12-6-8-26(24,25)10-12/h3-4,9,12,21H,5-8,10H2,1-2H3,(H,20,23). The Kier molecular flexibility index (Phi) is 3.77. The first kappa shape index (κ1) is 17.3. The SMILES string of the molecule is CC1(C)CCC(=O)c2[nH]c3ccc(C(=O)NC4CCS(=O)(=O)C4)cc3c21. The molecule has 2 N–H and O–H groups in total. The summed E-state index contributed by atoms with van der Waals surface area (Å²) < 4.78 is 23.1. The fourth-order valence-corrected chi connectivity index (χ4v) is 5.77. The normalized spacial score (nSPS) is 23.8. The number of ketones is 1. The number of rotatable bonds is 2. The van der Waals surface area contributed by atoms with Crippen LogP contribution in [0.4, 0.5) is 0 Å². The van der Waals surface area contributed by atoms with Gasteiger partial charge in [-0.2, -0.15) is 0 Å². The van der Waals surface area contributed by atoms with Crippen molar-refractivity contribution >= 4 is 32.4 Å². The number of carbonyl (C=O) groups excluding carboxylic acids is 2. The largest absolute Gasteiger partial charge is 0.352 e. The van der Waals surface area contributed by atoms with Gasteiger partial charge in [-0.25, -0.2) is 8.42 Å². The summed E-state index contributed by atoms with van der Waals surface area (Å²) in [6.07, 6.45) is 1.76. The quantitative estimate of drug-likeness (QED) is 0.843.